The van der Waals surface area contributed by atoms with Crippen molar-refractivity contribution in [3.05, 3.63) is 70.0 Å². The van der Waals surface area contributed by atoms with Crippen molar-refractivity contribution in [1.82, 2.24) is 0 Å². The fraction of sp³-hybridized carbons (Fsp3) is 0.250. The van der Waals surface area contributed by atoms with Crippen LogP contribution >= 0.6 is 0 Å². The standard InChI is InChI=1S/C20H17F3O2/c1-2-3-12-4-5-13-9-16(18(22)10-14(13)8-12)20(24)25-15-6-7-17(21)19(23)11-15/h6-11H,2-5H2,1H3. The average molecular weight is 346 g/mol. The topological polar surface area (TPSA) is 26.3 Å². The maximum absolute atomic E-state index is 14.3. The van der Waals surface area contributed by atoms with Crippen molar-refractivity contribution >= 4 is 12.0 Å². The number of carbonyl (C=O) groups is 1. The van der Waals surface area contributed by atoms with Gasteiger partial charge in [-0.05, 0) is 54.7 Å². The molecule has 2 aromatic rings. The summed E-state index contributed by atoms with van der Waals surface area (Å²) in [5.41, 5.74) is 2.71. The van der Waals surface area contributed by atoms with Gasteiger partial charge < -0.3 is 4.74 Å². The van der Waals surface area contributed by atoms with Crippen molar-refractivity contribution in [3.63, 3.8) is 0 Å². The third kappa shape index (κ3) is 3.76. The molecule has 0 fully saturated rings. The van der Waals surface area contributed by atoms with Crippen LogP contribution in [0.2, 0.25) is 0 Å². The summed E-state index contributed by atoms with van der Waals surface area (Å²) in [7, 11) is 0. The highest BCUT2D eigenvalue weighted by Gasteiger charge is 2.20. The Bertz CT molecular complexity index is 856. The lowest BCUT2D eigenvalue weighted by molar-refractivity contribution is 0.0729. The number of hydrogen-bond acceptors (Lipinski definition) is 2. The zero-order valence-electron chi connectivity index (χ0n) is 13.7. The molecule has 0 atom stereocenters. The minimum atomic E-state index is -1.13. The average Bonchev–Trinajstić information content (AvgIpc) is 2.57. The van der Waals surface area contributed by atoms with Gasteiger partial charge in [0.05, 0.1) is 5.56 Å². The quantitative estimate of drug-likeness (QED) is 0.543. The Morgan fingerprint density at radius 3 is 2.56 bits per heavy atom. The Labute approximate surface area is 143 Å². The first-order valence-electron chi connectivity index (χ1n) is 8.17. The molecular weight excluding hydrogens is 329 g/mol. The molecule has 0 aromatic heterocycles. The fourth-order valence-electron chi connectivity index (χ4n) is 2.95. The predicted octanol–water partition coefficient (Wildman–Crippen LogP) is 5.45. The molecule has 5 heteroatoms. The van der Waals surface area contributed by atoms with Crippen molar-refractivity contribution in [1.29, 1.82) is 0 Å². The van der Waals surface area contributed by atoms with Gasteiger partial charge in [-0.1, -0.05) is 25.0 Å². The molecule has 0 saturated carbocycles. The van der Waals surface area contributed by atoms with Gasteiger partial charge in [0.1, 0.15) is 11.6 Å². The number of benzene rings is 2. The summed E-state index contributed by atoms with van der Waals surface area (Å²) >= 11 is 0. The summed E-state index contributed by atoms with van der Waals surface area (Å²) < 4.78 is 45.4. The minimum Gasteiger partial charge on any atom is -0.423 e. The van der Waals surface area contributed by atoms with Gasteiger partial charge in [-0.15, -0.1) is 0 Å². The Morgan fingerprint density at radius 1 is 1.04 bits per heavy atom. The van der Waals surface area contributed by atoms with E-state index in [2.05, 4.69) is 6.92 Å². The zero-order valence-corrected chi connectivity index (χ0v) is 13.7. The first-order valence-corrected chi connectivity index (χ1v) is 8.17. The Hall–Kier alpha value is -2.56. The van der Waals surface area contributed by atoms with Crippen LogP contribution < -0.4 is 4.74 Å². The van der Waals surface area contributed by atoms with E-state index in [9.17, 15) is 18.0 Å². The number of ether oxygens (including phenoxy) is 1. The van der Waals surface area contributed by atoms with Crippen LogP contribution in [0.15, 0.2) is 35.9 Å². The monoisotopic (exact) mass is 346 g/mol. The molecule has 1 aliphatic carbocycles. The third-order valence-corrected chi connectivity index (χ3v) is 4.20. The summed E-state index contributed by atoms with van der Waals surface area (Å²) in [4.78, 5) is 12.2. The van der Waals surface area contributed by atoms with Gasteiger partial charge in [0, 0.05) is 6.07 Å². The maximum atomic E-state index is 14.3. The van der Waals surface area contributed by atoms with Crippen LogP contribution in [-0.4, -0.2) is 5.97 Å². The number of carbonyl (C=O) groups excluding carboxylic acids is 1. The lowest BCUT2D eigenvalue weighted by Crippen LogP contribution is -2.13. The van der Waals surface area contributed by atoms with Crippen molar-refractivity contribution in [2.45, 2.75) is 32.6 Å². The second kappa shape index (κ2) is 7.13. The van der Waals surface area contributed by atoms with Gasteiger partial charge >= 0.3 is 5.97 Å². The van der Waals surface area contributed by atoms with Crippen LogP contribution in [0.25, 0.3) is 6.08 Å². The molecule has 130 valence electrons. The van der Waals surface area contributed by atoms with Crippen molar-refractivity contribution < 1.29 is 22.7 Å². The van der Waals surface area contributed by atoms with E-state index in [1.165, 1.54) is 17.7 Å². The highest BCUT2D eigenvalue weighted by atomic mass is 19.2. The van der Waals surface area contributed by atoms with E-state index >= 15 is 0 Å². The van der Waals surface area contributed by atoms with Crippen molar-refractivity contribution in [3.8, 4) is 5.75 Å². The minimum absolute atomic E-state index is 0.175. The van der Waals surface area contributed by atoms with Crippen molar-refractivity contribution in [2.24, 2.45) is 0 Å². The molecule has 1 aliphatic rings. The van der Waals surface area contributed by atoms with Gasteiger partial charge in [0.15, 0.2) is 11.6 Å². The lowest BCUT2D eigenvalue weighted by atomic mass is 9.89. The molecular formula is C20H17F3O2. The summed E-state index contributed by atoms with van der Waals surface area (Å²) in [5.74, 6) is -3.99. The highest BCUT2D eigenvalue weighted by molar-refractivity contribution is 5.92. The predicted molar refractivity (Wildman–Crippen MR) is 88.9 cm³/mol. The SMILES string of the molecule is CCCC1=Cc2cc(F)c(C(=O)Oc3ccc(F)c(F)c3)cc2CC1. The van der Waals surface area contributed by atoms with Crippen molar-refractivity contribution in [2.75, 3.05) is 0 Å². The van der Waals surface area contributed by atoms with E-state index in [0.717, 1.165) is 55.0 Å². The molecule has 0 unspecified atom stereocenters. The van der Waals surface area contributed by atoms with Crippen LogP contribution in [0.4, 0.5) is 13.2 Å². The van der Waals surface area contributed by atoms with Crippen LogP contribution in [0.1, 0.15) is 47.7 Å². The molecule has 0 saturated heterocycles. The van der Waals surface area contributed by atoms with Gasteiger partial charge in [0.2, 0.25) is 0 Å². The number of hydrogen-bond donors (Lipinski definition) is 0. The van der Waals surface area contributed by atoms with E-state index in [1.54, 1.807) is 0 Å². The van der Waals surface area contributed by atoms with E-state index in [1.807, 2.05) is 6.08 Å². The smallest absolute Gasteiger partial charge is 0.346 e. The Morgan fingerprint density at radius 2 is 1.84 bits per heavy atom. The van der Waals surface area contributed by atoms with Gasteiger partial charge in [0.25, 0.3) is 0 Å². The van der Waals surface area contributed by atoms with E-state index < -0.39 is 23.4 Å². The van der Waals surface area contributed by atoms with Gasteiger partial charge in [-0.3, -0.25) is 0 Å². The second-order valence-electron chi connectivity index (χ2n) is 6.05. The maximum Gasteiger partial charge on any atom is 0.346 e. The number of aryl methyl sites for hydroxylation is 1. The molecule has 0 N–H and O–H groups in total. The first kappa shape index (κ1) is 17.3. The number of halogens is 3. The molecule has 0 aliphatic heterocycles. The van der Waals surface area contributed by atoms with E-state index in [-0.39, 0.29) is 11.3 Å². The van der Waals surface area contributed by atoms with Crippen LogP contribution in [0.3, 0.4) is 0 Å². The normalized spacial score (nSPS) is 13.2. The molecule has 0 spiro atoms. The first-order chi connectivity index (χ1) is 12.0. The Kier molecular flexibility index (Phi) is 4.93. The fourth-order valence-corrected chi connectivity index (χ4v) is 2.95. The number of esters is 1. The molecule has 0 amide bonds. The number of fused-ring (bicyclic) bond motifs is 1. The summed E-state index contributed by atoms with van der Waals surface area (Å²) in [6, 6.07) is 5.52. The Balaban J connectivity index is 1.85. The van der Waals surface area contributed by atoms with Crippen LogP contribution in [-0.2, 0) is 6.42 Å². The molecule has 0 bridgehead atoms. The molecule has 0 heterocycles. The molecule has 0 radical (unpaired) electrons. The van der Waals surface area contributed by atoms with E-state index in [4.69, 9.17) is 4.74 Å². The number of rotatable bonds is 4. The molecule has 2 aromatic carbocycles. The van der Waals surface area contributed by atoms with Crippen LogP contribution in [0.5, 0.6) is 5.75 Å². The summed E-state index contributed by atoms with van der Waals surface area (Å²) in [6.07, 6.45) is 5.58. The van der Waals surface area contributed by atoms with Gasteiger partial charge in [-0.2, -0.15) is 0 Å². The molecule has 2 nitrogen and oxygen atoms in total. The zero-order chi connectivity index (χ0) is 18.0. The second-order valence-corrected chi connectivity index (χ2v) is 6.05. The summed E-state index contributed by atoms with van der Waals surface area (Å²) in [5, 5.41) is 0. The van der Waals surface area contributed by atoms with Crippen LogP contribution in [0, 0.1) is 17.5 Å². The number of allylic oxidation sites excluding steroid dienone is 1. The largest absolute Gasteiger partial charge is 0.423 e. The summed E-state index contributed by atoms with van der Waals surface area (Å²) in [6.45, 7) is 2.09. The highest BCUT2D eigenvalue weighted by Crippen LogP contribution is 2.29. The molecule has 25 heavy (non-hydrogen) atoms. The van der Waals surface area contributed by atoms with E-state index in [0.29, 0.717) is 0 Å². The lowest BCUT2D eigenvalue weighted by Gasteiger charge is -2.17. The molecule has 3 rings (SSSR count). The third-order valence-electron chi connectivity index (χ3n) is 4.20. The van der Waals surface area contributed by atoms with Gasteiger partial charge in [-0.25, -0.2) is 18.0 Å².